The van der Waals surface area contributed by atoms with Crippen LogP contribution in [0.1, 0.15) is 34.7 Å². The summed E-state index contributed by atoms with van der Waals surface area (Å²) in [6.07, 6.45) is 1.99. The van der Waals surface area contributed by atoms with E-state index in [0.29, 0.717) is 12.3 Å². The zero-order chi connectivity index (χ0) is 19.7. The smallest absolute Gasteiger partial charge is 0.256 e. The molecule has 2 fully saturated rings. The van der Waals surface area contributed by atoms with Crippen LogP contribution in [0, 0.1) is 11.7 Å². The number of rotatable bonds is 5. The Morgan fingerprint density at radius 2 is 1.79 bits per heavy atom. The molecule has 2 amide bonds. The van der Waals surface area contributed by atoms with E-state index in [9.17, 15) is 14.0 Å². The minimum Gasteiger partial charge on any atom is -0.496 e. The molecule has 2 aromatic carbocycles. The van der Waals surface area contributed by atoms with Gasteiger partial charge in [-0.05, 0) is 36.6 Å². The van der Waals surface area contributed by atoms with Crippen molar-refractivity contribution in [2.45, 2.75) is 24.8 Å². The van der Waals surface area contributed by atoms with Gasteiger partial charge in [0, 0.05) is 25.0 Å². The van der Waals surface area contributed by atoms with Crippen LogP contribution in [-0.4, -0.2) is 43.0 Å². The highest BCUT2D eigenvalue weighted by atomic mass is 19.1. The van der Waals surface area contributed by atoms with E-state index in [-0.39, 0.29) is 35.9 Å². The van der Waals surface area contributed by atoms with Gasteiger partial charge in [0.2, 0.25) is 5.91 Å². The Labute approximate surface area is 163 Å². The lowest BCUT2D eigenvalue weighted by Crippen LogP contribution is -2.36. The van der Waals surface area contributed by atoms with Crippen molar-refractivity contribution >= 4 is 11.8 Å². The predicted molar refractivity (Wildman–Crippen MR) is 103 cm³/mol. The van der Waals surface area contributed by atoms with E-state index in [2.05, 4.69) is 5.32 Å². The fourth-order valence-electron chi connectivity index (χ4n) is 3.86. The first-order valence-corrected chi connectivity index (χ1v) is 9.55. The molecule has 28 heavy (non-hydrogen) atoms. The fraction of sp³-hybridized carbons (Fsp3) is 0.364. The van der Waals surface area contributed by atoms with Crippen molar-refractivity contribution in [1.82, 2.24) is 10.2 Å². The third kappa shape index (κ3) is 3.59. The molecular weight excluding hydrogens is 359 g/mol. The molecule has 1 aliphatic carbocycles. The van der Waals surface area contributed by atoms with Crippen LogP contribution in [-0.2, 0) is 4.79 Å². The number of hydrogen-bond donors (Lipinski definition) is 1. The molecule has 2 unspecified atom stereocenters. The van der Waals surface area contributed by atoms with E-state index in [0.717, 1.165) is 18.4 Å². The number of ether oxygens (including phenoxy) is 1. The lowest BCUT2D eigenvalue weighted by Gasteiger charge is -2.20. The van der Waals surface area contributed by atoms with Crippen molar-refractivity contribution in [2.75, 3.05) is 20.2 Å². The molecule has 146 valence electrons. The monoisotopic (exact) mass is 382 g/mol. The number of carbonyl (C=O) groups is 2. The lowest BCUT2D eigenvalue weighted by atomic mass is 9.87. The summed E-state index contributed by atoms with van der Waals surface area (Å²) in [6.45, 7) is 0.602. The lowest BCUT2D eigenvalue weighted by molar-refractivity contribution is -0.125. The summed E-state index contributed by atoms with van der Waals surface area (Å²) >= 11 is 0. The number of methoxy groups -OCH3 is 1. The van der Waals surface area contributed by atoms with Crippen LogP contribution < -0.4 is 10.1 Å². The zero-order valence-corrected chi connectivity index (χ0v) is 15.7. The zero-order valence-electron chi connectivity index (χ0n) is 15.7. The average molecular weight is 382 g/mol. The molecule has 0 bridgehead atoms. The van der Waals surface area contributed by atoms with Gasteiger partial charge in [-0.2, -0.15) is 0 Å². The van der Waals surface area contributed by atoms with Crippen LogP contribution in [0.4, 0.5) is 4.39 Å². The number of hydrogen-bond acceptors (Lipinski definition) is 3. The van der Waals surface area contributed by atoms with E-state index in [4.69, 9.17) is 4.74 Å². The fourth-order valence-corrected chi connectivity index (χ4v) is 3.86. The summed E-state index contributed by atoms with van der Waals surface area (Å²) in [5.74, 6) is -0.899. The molecule has 2 aromatic rings. The van der Waals surface area contributed by atoms with Crippen LogP contribution in [0.15, 0.2) is 48.5 Å². The first-order chi connectivity index (χ1) is 13.6. The quantitative estimate of drug-likeness (QED) is 0.865. The second kappa shape index (κ2) is 7.62. The summed E-state index contributed by atoms with van der Waals surface area (Å²) in [7, 11) is 1.59. The van der Waals surface area contributed by atoms with Crippen LogP contribution in [0.2, 0.25) is 0 Å². The maximum Gasteiger partial charge on any atom is 0.256 e. The van der Waals surface area contributed by atoms with Crippen molar-refractivity contribution in [3.05, 3.63) is 65.5 Å². The van der Waals surface area contributed by atoms with Gasteiger partial charge in [0.25, 0.3) is 5.91 Å². The molecule has 1 aliphatic heterocycles. The van der Waals surface area contributed by atoms with Gasteiger partial charge in [0.05, 0.1) is 18.6 Å². The van der Waals surface area contributed by atoms with E-state index in [1.807, 2.05) is 24.3 Å². The number of amides is 2. The molecule has 4 rings (SSSR count). The number of para-hydroxylation sites is 1. The van der Waals surface area contributed by atoms with Gasteiger partial charge < -0.3 is 15.0 Å². The van der Waals surface area contributed by atoms with Crippen molar-refractivity contribution in [3.63, 3.8) is 0 Å². The number of carbonyl (C=O) groups excluding carboxylic acids is 2. The van der Waals surface area contributed by atoms with Crippen LogP contribution in [0.25, 0.3) is 0 Å². The highest BCUT2D eigenvalue weighted by Crippen LogP contribution is 2.38. The molecule has 0 radical (unpaired) electrons. The standard InChI is InChI=1S/C22H23FN2O3/c1-28-20-9-5-3-6-15(20)17-12-25(13-18(17)21(26)24-14-10-11-14)22(27)16-7-2-4-8-19(16)23/h2-9,14,17-18H,10-13H2,1H3,(H,24,26). The van der Waals surface area contributed by atoms with Gasteiger partial charge in [-0.3, -0.25) is 9.59 Å². The Kier molecular flexibility index (Phi) is 5.03. The van der Waals surface area contributed by atoms with Gasteiger partial charge in [-0.1, -0.05) is 30.3 Å². The Bertz CT molecular complexity index is 897. The third-order valence-electron chi connectivity index (χ3n) is 5.51. The average Bonchev–Trinajstić information content (AvgIpc) is 3.41. The molecule has 1 N–H and O–H groups in total. The SMILES string of the molecule is COc1ccccc1C1CN(C(=O)c2ccccc2F)CC1C(=O)NC1CC1. The van der Waals surface area contributed by atoms with Gasteiger partial charge in [0.15, 0.2) is 0 Å². The summed E-state index contributed by atoms with van der Waals surface area (Å²) < 4.78 is 19.6. The van der Waals surface area contributed by atoms with E-state index < -0.39 is 11.7 Å². The van der Waals surface area contributed by atoms with Gasteiger partial charge in [-0.15, -0.1) is 0 Å². The van der Waals surface area contributed by atoms with Crippen LogP contribution in [0.3, 0.4) is 0 Å². The van der Waals surface area contributed by atoms with Crippen LogP contribution >= 0.6 is 0 Å². The first-order valence-electron chi connectivity index (χ1n) is 9.55. The Hall–Kier alpha value is -2.89. The topological polar surface area (TPSA) is 58.6 Å². The number of benzene rings is 2. The molecule has 0 spiro atoms. The van der Waals surface area contributed by atoms with E-state index in [1.165, 1.54) is 12.1 Å². The van der Waals surface area contributed by atoms with Crippen molar-refractivity contribution in [3.8, 4) is 5.75 Å². The van der Waals surface area contributed by atoms with Crippen molar-refractivity contribution < 1.29 is 18.7 Å². The van der Waals surface area contributed by atoms with Gasteiger partial charge in [0.1, 0.15) is 11.6 Å². The molecule has 1 saturated carbocycles. The molecule has 0 aromatic heterocycles. The minimum atomic E-state index is -0.549. The van der Waals surface area contributed by atoms with Crippen molar-refractivity contribution in [1.29, 1.82) is 0 Å². The number of nitrogens with zero attached hydrogens (tertiary/aromatic N) is 1. The summed E-state index contributed by atoms with van der Waals surface area (Å²) in [6, 6.07) is 13.7. The summed E-state index contributed by atoms with van der Waals surface area (Å²) in [5.41, 5.74) is 0.925. The molecule has 1 heterocycles. The minimum absolute atomic E-state index is 0.0320. The maximum absolute atomic E-state index is 14.1. The number of likely N-dealkylation sites (tertiary alicyclic amines) is 1. The largest absolute Gasteiger partial charge is 0.496 e. The highest BCUT2D eigenvalue weighted by Gasteiger charge is 2.43. The third-order valence-corrected chi connectivity index (χ3v) is 5.51. The van der Waals surface area contributed by atoms with E-state index >= 15 is 0 Å². The van der Waals surface area contributed by atoms with Crippen LogP contribution in [0.5, 0.6) is 5.75 Å². The maximum atomic E-state index is 14.1. The second-order valence-corrected chi connectivity index (χ2v) is 7.43. The predicted octanol–water partition coefficient (Wildman–Crippen LogP) is 2.97. The first kappa shape index (κ1) is 18.5. The van der Waals surface area contributed by atoms with E-state index in [1.54, 1.807) is 24.1 Å². The second-order valence-electron chi connectivity index (χ2n) is 7.43. The molecule has 2 atom stereocenters. The summed E-state index contributed by atoms with van der Waals surface area (Å²) in [4.78, 5) is 27.4. The molecule has 6 heteroatoms. The highest BCUT2D eigenvalue weighted by molar-refractivity contribution is 5.95. The molecule has 2 aliphatic rings. The number of halogens is 1. The molecule has 1 saturated heterocycles. The molecular formula is C22H23FN2O3. The van der Waals surface area contributed by atoms with Gasteiger partial charge in [-0.25, -0.2) is 4.39 Å². The number of nitrogens with one attached hydrogen (secondary N) is 1. The Balaban J connectivity index is 1.63. The Morgan fingerprint density at radius 1 is 1.07 bits per heavy atom. The normalized spacial score (nSPS) is 21.4. The van der Waals surface area contributed by atoms with Crippen molar-refractivity contribution in [2.24, 2.45) is 5.92 Å². The molecule has 5 nitrogen and oxygen atoms in total. The summed E-state index contributed by atoms with van der Waals surface area (Å²) in [5, 5.41) is 3.05. The van der Waals surface area contributed by atoms with Gasteiger partial charge >= 0.3 is 0 Å². The Morgan fingerprint density at radius 3 is 2.50 bits per heavy atom.